The molecule has 4 heteroatoms. The number of ether oxygens (including phenoxy) is 1. The van der Waals surface area contributed by atoms with Gasteiger partial charge in [0, 0.05) is 18.6 Å². The lowest BCUT2D eigenvalue weighted by Gasteiger charge is -2.11. The number of unbranched alkanes of at least 4 members (excludes halogenated alkanes) is 3. The molecule has 0 amide bonds. The number of rotatable bonds is 10. The van der Waals surface area contributed by atoms with Crippen LogP contribution in [-0.2, 0) is 0 Å². The molecular formula is C18H31N3O. The smallest absolute Gasteiger partial charge is 0.119 e. The minimum atomic E-state index is 0.391. The average molecular weight is 305 g/mol. The molecule has 1 aromatic rings. The maximum absolute atomic E-state index is 5.80. The first-order valence-electron chi connectivity index (χ1n) is 8.78. The predicted molar refractivity (Wildman–Crippen MR) is 92.0 cm³/mol. The molecule has 1 aromatic carbocycles. The van der Waals surface area contributed by atoms with Crippen LogP contribution in [0.4, 0.5) is 0 Å². The quantitative estimate of drug-likeness (QED) is 0.581. The van der Waals surface area contributed by atoms with Gasteiger partial charge in [0.1, 0.15) is 5.75 Å². The molecule has 1 saturated heterocycles. The van der Waals surface area contributed by atoms with Crippen molar-refractivity contribution in [1.82, 2.24) is 16.2 Å². The molecular weight excluding hydrogens is 274 g/mol. The van der Waals surface area contributed by atoms with E-state index in [0.717, 1.165) is 38.3 Å². The molecule has 0 saturated carbocycles. The molecule has 22 heavy (non-hydrogen) atoms. The van der Waals surface area contributed by atoms with Crippen LogP contribution in [0, 0.1) is 0 Å². The van der Waals surface area contributed by atoms with Crippen LogP contribution in [0.15, 0.2) is 24.3 Å². The van der Waals surface area contributed by atoms with Gasteiger partial charge in [-0.15, -0.1) is 0 Å². The molecule has 0 aromatic heterocycles. The summed E-state index contributed by atoms with van der Waals surface area (Å²) in [4.78, 5) is 0. The number of benzene rings is 1. The Morgan fingerprint density at radius 2 is 1.91 bits per heavy atom. The molecule has 124 valence electrons. The molecule has 2 atom stereocenters. The third-order valence-corrected chi connectivity index (χ3v) is 4.17. The Bertz CT molecular complexity index is 407. The van der Waals surface area contributed by atoms with Crippen molar-refractivity contribution in [3.05, 3.63) is 29.8 Å². The van der Waals surface area contributed by atoms with Crippen molar-refractivity contribution in [1.29, 1.82) is 0 Å². The second kappa shape index (κ2) is 9.82. The summed E-state index contributed by atoms with van der Waals surface area (Å²) in [6.07, 6.45) is 6.10. The zero-order valence-electron chi connectivity index (χ0n) is 14.0. The van der Waals surface area contributed by atoms with E-state index in [1.54, 1.807) is 0 Å². The van der Waals surface area contributed by atoms with Gasteiger partial charge >= 0.3 is 0 Å². The van der Waals surface area contributed by atoms with E-state index in [1.165, 1.54) is 24.8 Å². The summed E-state index contributed by atoms with van der Waals surface area (Å²) in [5.41, 5.74) is 8.08. The molecule has 1 aliphatic rings. The van der Waals surface area contributed by atoms with Crippen molar-refractivity contribution < 1.29 is 4.74 Å². The first-order valence-corrected chi connectivity index (χ1v) is 8.78. The Kier molecular flexibility index (Phi) is 7.71. The Morgan fingerprint density at radius 1 is 1.09 bits per heavy atom. The highest BCUT2D eigenvalue weighted by atomic mass is 16.5. The molecule has 0 radical (unpaired) electrons. The Balaban J connectivity index is 1.72. The van der Waals surface area contributed by atoms with E-state index in [2.05, 4.69) is 54.3 Å². The molecule has 2 rings (SSSR count). The minimum Gasteiger partial charge on any atom is -0.494 e. The SMILES string of the molecule is CCCCCCOc1ccc(C2CC(CNCC)NN2)cc1. The molecule has 1 fully saturated rings. The second-order valence-corrected chi connectivity index (χ2v) is 6.06. The fourth-order valence-corrected chi connectivity index (χ4v) is 2.81. The van der Waals surface area contributed by atoms with Gasteiger partial charge in [-0.1, -0.05) is 45.2 Å². The number of hydrogen-bond donors (Lipinski definition) is 3. The zero-order chi connectivity index (χ0) is 15.6. The van der Waals surface area contributed by atoms with E-state index in [9.17, 15) is 0 Å². The van der Waals surface area contributed by atoms with E-state index in [4.69, 9.17) is 4.74 Å². The van der Waals surface area contributed by atoms with Crippen molar-refractivity contribution in [3.8, 4) is 5.75 Å². The van der Waals surface area contributed by atoms with Crippen LogP contribution < -0.4 is 20.9 Å². The summed E-state index contributed by atoms with van der Waals surface area (Å²) < 4.78 is 5.80. The highest BCUT2D eigenvalue weighted by Crippen LogP contribution is 2.24. The monoisotopic (exact) mass is 305 g/mol. The maximum atomic E-state index is 5.80. The van der Waals surface area contributed by atoms with Gasteiger partial charge in [-0.25, -0.2) is 5.43 Å². The van der Waals surface area contributed by atoms with Crippen molar-refractivity contribution in [2.45, 2.75) is 58.0 Å². The highest BCUT2D eigenvalue weighted by Gasteiger charge is 2.24. The lowest BCUT2D eigenvalue weighted by molar-refractivity contribution is 0.305. The van der Waals surface area contributed by atoms with Crippen molar-refractivity contribution in [2.24, 2.45) is 0 Å². The summed E-state index contributed by atoms with van der Waals surface area (Å²) in [5.74, 6) is 0.982. The van der Waals surface area contributed by atoms with Crippen molar-refractivity contribution in [3.63, 3.8) is 0 Å². The van der Waals surface area contributed by atoms with Crippen LogP contribution in [-0.4, -0.2) is 25.7 Å². The molecule has 0 aliphatic carbocycles. The Labute approximate surface area is 135 Å². The van der Waals surface area contributed by atoms with E-state index in [1.807, 2.05) is 0 Å². The number of likely N-dealkylation sites (N-methyl/N-ethyl adjacent to an activating group) is 1. The first-order chi connectivity index (χ1) is 10.8. The summed E-state index contributed by atoms with van der Waals surface area (Å²) >= 11 is 0. The van der Waals surface area contributed by atoms with Crippen LogP contribution in [0.2, 0.25) is 0 Å². The van der Waals surface area contributed by atoms with E-state index < -0.39 is 0 Å². The van der Waals surface area contributed by atoms with Crippen LogP contribution in [0.3, 0.4) is 0 Å². The van der Waals surface area contributed by atoms with E-state index >= 15 is 0 Å². The summed E-state index contributed by atoms with van der Waals surface area (Å²) in [5, 5.41) is 3.39. The largest absolute Gasteiger partial charge is 0.494 e. The predicted octanol–water partition coefficient (Wildman–Crippen LogP) is 3.16. The first kappa shape index (κ1) is 17.3. The third-order valence-electron chi connectivity index (χ3n) is 4.17. The van der Waals surface area contributed by atoms with E-state index in [-0.39, 0.29) is 0 Å². The van der Waals surface area contributed by atoms with Gasteiger partial charge in [0.25, 0.3) is 0 Å². The van der Waals surface area contributed by atoms with Crippen LogP contribution in [0.5, 0.6) is 5.75 Å². The van der Waals surface area contributed by atoms with E-state index in [0.29, 0.717) is 12.1 Å². The molecule has 3 N–H and O–H groups in total. The minimum absolute atomic E-state index is 0.391. The molecule has 1 aliphatic heterocycles. The highest BCUT2D eigenvalue weighted by molar-refractivity contribution is 5.29. The van der Waals surface area contributed by atoms with Gasteiger partial charge in [-0.3, -0.25) is 5.43 Å². The van der Waals surface area contributed by atoms with Crippen LogP contribution in [0.25, 0.3) is 0 Å². The van der Waals surface area contributed by atoms with Crippen LogP contribution in [0.1, 0.15) is 57.6 Å². The Hall–Kier alpha value is -1.10. The fourth-order valence-electron chi connectivity index (χ4n) is 2.81. The van der Waals surface area contributed by atoms with Gasteiger partial charge < -0.3 is 10.1 Å². The van der Waals surface area contributed by atoms with Crippen LogP contribution >= 0.6 is 0 Å². The van der Waals surface area contributed by atoms with Gasteiger partial charge in [0.05, 0.1) is 6.61 Å². The normalized spacial score (nSPS) is 21.2. The molecule has 0 bridgehead atoms. The molecule has 2 unspecified atom stereocenters. The lowest BCUT2D eigenvalue weighted by Crippen LogP contribution is -2.37. The second-order valence-electron chi connectivity index (χ2n) is 6.06. The fraction of sp³-hybridized carbons (Fsp3) is 0.667. The van der Waals surface area contributed by atoms with Gasteiger partial charge in [-0.05, 0) is 37.1 Å². The van der Waals surface area contributed by atoms with Crippen molar-refractivity contribution >= 4 is 0 Å². The van der Waals surface area contributed by atoms with Gasteiger partial charge in [0.15, 0.2) is 0 Å². The average Bonchev–Trinajstić information content (AvgIpc) is 3.02. The standard InChI is InChI=1S/C18H31N3O/c1-3-5-6-7-12-22-17-10-8-15(9-11-17)18-13-16(20-21-18)14-19-4-2/h8-11,16,18-21H,3-7,12-14H2,1-2H3. The van der Waals surface area contributed by atoms with Gasteiger partial charge in [0.2, 0.25) is 0 Å². The topological polar surface area (TPSA) is 45.3 Å². The lowest BCUT2D eigenvalue weighted by atomic mass is 10.0. The molecule has 0 spiro atoms. The summed E-state index contributed by atoms with van der Waals surface area (Å²) in [6.45, 7) is 7.23. The molecule has 4 nitrogen and oxygen atoms in total. The number of nitrogens with one attached hydrogen (secondary N) is 3. The number of hydrogen-bond acceptors (Lipinski definition) is 4. The molecule has 1 heterocycles. The number of hydrazine groups is 1. The summed E-state index contributed by atoms with van der Waals surface area (Å²) in [7, 11) is 0. The van der Waals surface area contributed by atoms with Gasteiger partial charge in [-0.2, -0.15) is 0 Å². The Morgan fingerprint density at radius 3 is 2.64 bits per heavy atom. The summed E-state index contributed by atoms with van der Waals surface area (Å²) in [6, 6.07) is 9.43. The van der Waals surface area contributed by atoms with Crippen molar-refractivity contribution in [2.75, 3.05) is 19.7 Å². The zero-order valence-corrected chi connectivity index (χ0v) is 14.0. The maximum Gasteiger partial charge on any atom is 0.119 e. The third kappa shape index (κ3) is 5.59.